The van der Waals surface area contributed by atoms with Crippen LogP contribution in [0.3, 0.4) is 0 Å². The molecule has 0 heterocycles. The zero-order chi connectivity index (χ0) is 15.8. The number of aliphatic hydroxyl groups excluding tert-OH is 1. The van der Waals surface area contributed by atoms with Gasteiger partial charge >= 0.3 is 0 Å². The van der Waals surface area contributed by atoms with Crippen molar-refractivity contribution in [1.82, 2.24) is 0 Å². The van der Waals surface area contributed by atoms with Gasteiger partial charge in [0, 0.05) is 0 Å². The van der Waals surface area contributed by atoms with Gasteiger partial charge in [0.05, 0.1) is 6.10 Å². The molecule has 0 fully saturated rings. The monoisotopic (exact) mass is 310 g/mol. The smallest absolute Gasteiger partial charge is 0.103 e. The lowest BCUT2D eigenvalue weighted by atomic mass is 10.1. The highest BCUT2D eigenvalue weighted by Gasteiger charge is 2.19. The molecule has 0 radical (unpaired) electrons. The fourth-order valence-corrected chi connectivity index (χ4v) is 4.52. The molecule has 2 aromatic carbocycles. The zero-order valence-electron chi connectivity index (χ0n) is 13.6. The molecule has 0 aromatic heterocycles. The molecule has 1 nitrogen and oxygen atoms in total. The second kappa shape index (κ2) is 8.11. The molecular formula is C20H26OSi. The summed E-state index contributed by atoms with van der Waals surface area (Å²) in [6, 6.07) is 21.1. The minimum atomic E-state index is -1.59. The molecule has 1 atom stereocenters. The van der Waals surface area contributed by atoms with Crippen molar-refractivity contribution in [2.24, 2.45) is 0 Å². The van der Waals surface area contributed by atoms with Crippen LogP contribution in [0.4, 0.5) is 0 Å². The van der Waals surface area contributed by atoms with Crippen molar-refractivity contribution >= 4 is 13.3 Å². The van der Waals surface area contributed by atoms with Gasteiger partial charge in [-0.25, -0.2) is 0 Å². The van der Waals surface area contributed by atoms with Gasteiger partial charge in [-0.3, -0.25) is 0 Å². The summed E-state index contributed by atoms with van der Waals surface area (Å²) in [4.78, 5) is 0. The summed E-state index contributed by atoms with van der Waals surface area (Å²) in [5.41, 5.74) is 3.60. The molecule has 0 saturated heterocycles. The summed E-state index contributed by atoms with van der Waals surface area (Å²) in [7, 11) is -1.59. The average molecular weight is 311 g/mol. The molecule has 1 N–H and O–H groups in total. The van der Waals surface area contributed by atoms with E-state index in [0.717, 1.165) is 19.3 Å². The molecule has 0 amide bonds. The van der Waals surface area contributed by atoms with E-state index < -0.39 is 8.07 Å². The number of hydrogen-bond donors (Lipinski definition) is 1. The fourth-order valence-electron chi connectivity index (χ4n) is 2.57. The van der Waals surface area contributed by atoms with Gasteiger partial charge in [0.15, 0.2) is 0 Å². The number of aryl methyl sites for hydroxylation is 1. The van der Waals surface area contributed by atoms with Crippen LogP contribution in [-0.2, 0) is 6.42 Å². The van der Waals surface area contributed by atoms with Crippen LogP contribution in [0, 0.1) is 0 Å². The van der Waals surface area contributed by atoms with Crippen molar-refractivity contribution in [3.63, 3.8) is 0 Å². The lowest BCUT2D eigenvalue weighted by Crippen LogP contribution is -2.39. The highest BCUT2D eigenvalue weighted by molar-refractivity contribution is 6.93. The van der Waals surface area contributed by atoms with Gasteiger partial charge in [-0.2, -0.15) is 0 Å². The predicted octanol–water partition coefficient (Wildman–Crippen LogP) is 4.08. The van der Waals surface area contributed by atoms with E-state index in [1.165, 1.54) is 10.8 Å². The summed E-state index contributed by atoms with van der Waals surface area (Å²) in [5.74, 6) is 0. The third kappa shape index (κ3) is 5.28. The van der Waals surface area contributed by atoms with Crippen molar-refractivity contribution in [2.75, 3.05) is 0 Å². The molecule has 2 aromatic rings. The lowest BCUT2D eigenvalue weighted by molar-refractivity contribution is 0.210. The quantitative estimate of drug-likeness (QED) is 0.764. The Morgan fingerprint density at radius 1 is 0.955 bits per heavy atom. The second-order valence-electron chi connectivity index (χ2n) is 6.39. The van der Waals surface area contributed by atoms with Crippen LogP contribution in [0.2, 0.25) is 13.1 Å². The number of rotatable bonds is 7. The molecule has 116 valence electrons. The van der Waals surface area contributed by atoms with Crippen molar-refractivity contribution in [3.8, 4) is 0 Å². The number of benzene rings is 2. The SMILES string of the molecule is C[Si](C)(/C=C/[C@H](O)CCCc1ccccc1)c1ccccc1. The molecule has 0 bridgehead atoms. The van der Waals surface area contributed by atoms with E-state index in [1.54, 1.807) is 0 Å². The minimum Gasteiger partial charge on any atom is -0.389 e. The Hall–Kier alpha value is -1.64. The van der Waals surface area contributed by atoms with Crippen LogP contribution in [0.1, 0.15) is 18.4 Å². The summed E-state index contributed by atoms with van der Waals surface area (Å²) < 4.78 is 0. The van der Waals surface area contributed by atoms with Crippen LogP contribution in [0.5, 0.6) is 0 Å². The summed E-state index contributed by atoms with van der Waals surface area (Å²) in [6.45, 7) is 4.63. The average Bonchev–Trinajstić information content (AvgIpc) is 2.55. The Morgan fingerprint density at radius 3 is 2.18 bits per heavy atom. The largest absolute Gasteiger partial charge is 0.389 e. The summed E-state index contributed by atoms with van der Waals surface area (Å²) in [5, 5.41) is 11.6. The molecule has 0 aliphatic carbocycles. The first-order valence-electron chi connectivity index (χ1n) is 8.05. The van der Waals surface area contributed by atoms with Crippen LogP contribution < -0.4 is 5.19 Å². The van der Waals surface area contributed by atoms with Gasteiger partial charge in [-0.15, -0.1) is 0 Å². The first-order valence-corrected chi connectivity index (χ1v) is 11.1. The van der Waals surface area contributed by atoms with E-state index >= 15 is 0 Å². The summed E-state index contributed by atoms with van der Waals surface area (Å²) >= 11 is 0. The lowest BCUT2D eigenvalue weighted by Gasteiger charge is -2.19. The van der Waals surface area contributed by atoms with E-state index in [9.17, 15) is 5.11 Å². The van der Waals surface area contributed by atoms with Crippen molar-refractivity contribution in [2.45, 2.75) is 38.5 Å². The molecule has 0 aliphatic heterocycles. The summed E-state index contributed by atoms with van der Waals surface area (Å²) in [6.07, 6.45) is 4.54. The maximum Gasteiger partial charge on any atom is 0.103 e. The van der Waals surface area contributed by atoms with E-state index in [1.807, 2.05) is 12.1 Å². The number of aliphatic hydroxyl groups is 1. The highest BCUT2D eigenvalue weighted by atomic mass is 28.3. The predicted molar refractivity (Wildman–Crippen MR) is 98.1 cm³/mol. The minimum absolute atomic E-state index is 0.334. The van der Waals surface area contributed by atoms with E-state index in [4.69, 9.17) is 0 Å². The maximum atomic E-state index is 10.2. The standard InChI is InChI=1S/C20H26OSi/c1-22(2,20-14-7-4-8-15-20)17-16-19(21)13-9-12-18-10-5-3-6-11-18/h3-8,10-11,14-17,19,21H,9,12-13H2,1-2H3/b17-16+/t19-/m1/s1. The van der Waals surface area contributed by atoms with E-state index in [0.29, 0.717) is 0 Å². The first kappa shape index (κ1) is 16.7. The van der Waals surface area contributed by atoms with Gasteiger partial charge in [-0.05, 0) is 24.8 Å². The third-order valence-corrected chi connectivity index (χ3v) is 6.91. The van der Waals surface area contributed by atoms with Crippen LogP contribution in [-0.4, -0.2) is 19.3 Å². The van der Waals surface area contributed by atoms with Crippen molar-refractivity contribution < 1.29 is 5.11 Å². The Kier molecular flexibility index (Phi) is 6.17. The van der Waals surface area contributed by atoms with E-state index in [2.05, 4.69) is 73.4 Å². The van der Waals surface area contributed by atoms with Crippen LogP contribution in [0.15, 0.2) is 72.4 Å². The Morgan fingerprint density at radius 2 is 1.55 bits per heavy atom. The molecule has 0 aliphatic rings. The Labute approximate surface area is 135 Å². The molecular weight excluding hydrogens is 284 g/mol. The topological polar surface area (TPSA) is 20.2 Å². The fraction of sp³-hybridized carbons (Fsp3) is 0.300. The Bertz CT molecular complexity index is 575. The molecule has 2 heteroatoms. The van der Waals surface area contributed by atoms with Gasteiger partial charge in [0.2, 0.25) is 0 Å². The van der Waals surface area contributed by atoms with Crippen molar-refractivity contribution in [3.05, 3.63) is 78.0 Å². The van der Waals surface area contributed by atoms with Gasteiger partial charge in [0.25, 0.3) is 0 Å². The molecule has 22 heavy (non-hydrogen) atoms. The molecule has 0 unspecified atom stereocenters. The van der Waals surface area contributed by atoms with E-state index in [-0.39, 0.29) is 6.10 Å². The third-order valence-electron chi connectivity index (χ3n) is 4.06. The second-order valence-corrected chi connectivity index (χ2v) is 10.7. The van der Waals surface area contributed by atoms with Gasteiger partial charge in [0.1, 0.15) is 8.07 Å². The number of hydrogen-bond acceptors (Lipinski definition) is 1. The van der Waals surface area contributed by atoms with Crippen molar-refractivity contribution in [1.29, 1.82) is 0 Å². The Balaban J connectivity index is 1.82. The normalized spacial score (nSPS) is 13.4. The molecule has 0 spiro atoms. The van der Waals surface area contributed by atoms with Crippen LogP contribution in [0.25, 0.3) is 0 Å². The van der Waals surface area contributed by atoms with Gasteiger partial charge < -0.3 is 5.11 Å². The maximum absolute atomic E-state index is 10.2. The van der Waals surface area contributed by atoms with Crippen LogP contribution >= 0.6 is 0 Å². The molecule has 0 saturated carbocycles. The first-order chi connectivity index (χ1) is 10.6. The molecule has 2 rings (SSSR count). The highest BCUT2D eigenvalue weighted by Crippen LogP contribution is 2.10. The zero-order valence-corrected chi connectivity index (χ0v) is 14.6. The van der Waals surface area contributed by atoms with Gasteiger partial charge in [-0.1, -0.05) is 90.7 Å².